The van der Waals surface area contributed by atoms with Crippen molar-refractivity contribution in [1.82, 2.24) is 10.3 Å². The van der Waals surface area contributed by atoms with Gasteiger partial charge in [-0.2, -0.15) is 0 Å². The van der Waals surface area contributed by atoms with Crippen LogP contribution in [0, 0.1) is 6.92 Å². The molecule has 0 fully saturated rings. The van der Waals surface area contributed by atoms with Crippen LogP contribution >= 0.6 is 0 Å². The average Bonchev–Trinajstić information content (AvgIpc) is 2.90. The molecule has 4 nitrogen and oxygen atoms in total. The zero-order valence-corrected chi connectivity index (χ0v) is 11.8. The SMILES string of the molecule is CCNCc1ccc(N(C)Cc2ccco2)nc1C. The highest BCUT2D eigenvalue weighted by atomic mass is 16.3. The molecule has 1 N–H and O–H groups in total. The van der Waals surface area contributed by atoms with Gasteiger partial charge >= 0.3 is 0 Å². The van der Waals surface area contributed by atoms with Gasteiger partial charge in [-0.1, -0.05) is 13.0 Å². The third-order valence-corrected chi connectivity index (χ3v) is 3.11. The van der Waals surface area contributed by atoms with Crippen molar-refractivity contribution in [3.8, 4) is 0 Å². The Morgan fingerprint density at radius 2 is 2.16 bits per heavy atom. The lowest BCUT2D eigenvalue weighted by Crippen LogP contribution is -2.19. The first kappa shape index (κ1) is 13.6. The van der Waals surface area contributed by atoms with Crippen molar-refractivity contribution in [2.24, 2.45) is 0 Å². The summed E-state index contributed by atoms with van der Waals surface area (Å²) in [5, 5.41) is 3.32. The van der Waals surface area contributed by atoms with E-state index in [2.05, 4.69) is 41.2 Å². The van der Waals surface area contributed by atoms with Crippen LogP contribution < -0.4 is 10.2 Å². The highest BCUT2D eigenvalue weighted by molar-refractivity contribution is 5.41. The van der Waals surface area contributed by atoms with Crippen LogP contribution in [0.2, 0.25) is 0 Å². The maximum atomic E-state index is 5.35. The molecule has 2 aromatic rings. The number of nitrogens with one attached hydrogen (secondary N) is 1. The summed E-state index contributed by atoms with van der Waals surface area (Å²) < 4.78 is 5.35. The fourth-order valence-electron chi connectivity index (χ4n) is 1.95. The topological polar surface area (TPSA) is 41.3 Å². The maximum Gasteiger partial charge on any atom is 0.128 e. The highest BCUT2D eigenvalue weighted by Gasteiger charge is 2.07. The lowest BCUT2D eigenvalue weighted by molar-refractivity contribution is 0.507. The summed E-state index contributed by atoms with van der Waals surface area (Å²) in [5.41, 5.74) is 2.32. The van der Waals surface area contributed by atoms with Crippen LogP contribution in [0.1, 0.15) is 23.9 Å². The molecular weight excluding hydrogens is 238 g/mol. The second kappa shape index (κ2) is 6.38. The van der Waals surface area contributed by atoms with Gasteiger partial charge in [0.1, 0.15) is 11.6 Å². The van der Waals surface area contributed by atoms with Gasteiger partial charge in [0.15, 0.2) is 0 Å². The van der Waals surface area contributed by atoms with Gasteiger partial charge in [-0.05, 0) is 37.2 Å². The van der Waals surface area contributed by atoms with E-state index in [1.807, 2.05) is 19.2 Å². The van der Waals surface area contributed by atoms with E-state index in [0.29, 0.717) is 0 Å². The van der Waals surface area contributed by atoms with E-state index in [0.717, 1.165) is 36.9 Å². The van der Waals surface area contributed by atoms with Gasteiger partial charge < -0.3 is 14.6 Å². The molecule has 0 aliphatic heterocycles. The van der Waals surface area contributed by atoms with Gasteiger partial charge in [0.2, 0.25) is 0 Å². The number of pyridine rings is 1. The minimum absolute atomic E-state index is 0.728. The Morgan fingerprint density at radius 3 is 2.79 bits per heavy atom. The Balaban J connectivity index is 2.06. The Morgan fingerprint density at radius 1 is 1.32 bits per heavy atom. The van der Waals surface area contributed by atoms with Crippen LogP contribution in [0.4, 0.5) is 5.82 Å². The summed E-state index contributed by atoms with van der Waals surface area (Å²) in [6.45, 7) is 6.73. The number of aromatic nitrogens is 1. The molecule has 0 bridgehead atoms. The van der Waals surface area contributed by atoms with E-state index < -0.39 is 0 Å². The molecule has 2 heterocycles. The zero-order chi connectivity index (χ0) is 13.7. The van der Waals surface area contributed by atoms with E-state index >= 15 is 0 Å². The number of anilines is 1. The Labute approximate surface area is 114 Å². The van der Waals surface area contributed by atoms with Crippen LogP contribution in [0.25, 0.3) is 0 Å². The monoisotopic (exact) mass is 259 g/mol. The summed E-state index contributed by atoms with van der Waals surface area (Å²) in [5.74, 6) is 1.91. The van der Waals surface area contributed by atoms with Crippen LogP contribution in [0.3, 0.4) is 0 Å². The maximum absolute atomic E-state index is 5.35. The van der Waals surface area contributed by atoms with Gasteiger partial charge in [0, 0.05) is 19.3 Å². The number of nitrogens with zero attached hydrogens (tertiary/aromatic N) is 2. The van der Waals surface area contributed by atoms with Crippen molar-refractivity contribution in [3.63, 3.8) is 0 Å². The van der Waals surface area contributed by atoms with Crippen LogP contribution in [-0.4, -0.2) is 18.6 Å². The average molecular weight is 259 g/mol. The Kier molecular flexibility index (Phi) is 4.58. The number of hydrogen-bond acceptors (Lipinski definition) is 4. The summed E-state index contributed by atoms with van der Waals surface area (Å²) in [6, 6.07) is 8.08. The minimum atomic E-state index is 0.728. The zero-order valence-electron chi connectivity index (χ0n) is 11.8. The van der Waals surface area contributed by atoms with Crippen LogP contribution in [-0.2, 0) is 13.1 Å². The normalized spacial score (nSPS) is 10.7. The fraction of sp³-hybridized carbons (Fsp3) is 0.400. The number of aryl methyl sites for hydroxylation is 1. The predicted octanol–water partition coefficient (Wildman–Crippen LogP) is 2.73. The molecule has 0 saturated heterocycles. The molecule has 0 amide bonds. The smallest absolute Gasteiger partial charge is 0.128 e. The lowest BCUT2D eigenvalue weighted by atomic mass is 10.2. The first-order valence-corrected chi connectivity index (χ1v) is 6.61. The van der Waals surface area contributed by atoms with Gasteiger partial charge in [-0.15, -0.1) is 0 Å². The molecule has 0 aliphatic carbocycles. The van der Waals surface area contributed by atoms with E-state index in [1.165, 1.54) is 5.56 Å². The third-order valence-electron chi connectivity index (χ3n) is 3.11. The fourth-order valence-corrected chi connectivity index (χ4v) is 1.95. The predicted molar refractivity (Wildman–Crippen MR) is 77.2 cm³/mol. The molecule has 0 saturated carbocycles. The second-order valence-electron chi connectivity index (χ2n) is 4.63. The van der Waals surface area contributed by atoms with E-state index in [-0.39, 0.29) is 0 Å². The first-order chi connectivity index (χ1) is 9.20. The third kappa shape index (κ3) is 3.58. The standard InChI is InChI=1S/C15H21N3O/c1-4-16-10-13-7-8-15(17-12(13)2)18(3)11-14-6-5-9-19-14/h5-9,16H,4,10-11H2,1-3H3. The van der Waals surface area contributed by atoms with Crippen molar-refractivity contribution in [2.45, 2.75) is 26.9 Å². The van der Waals surface area contributed by atoms with E-state index in [4.69, 9.17) is 4.42 Å². The van der Waals surface area contributed by atoms with Gasteiger partial charge in [-0.25, -0.2) is 4.98 Å². The van der Waals surface area contributed by atoms with Crippen molar-refractivity contribution in [1.29, 1.82) is 0 Å². The minimum Gasteiger partial charge on any atom is -0.467 e. The van der Waals surface area contributed by atoms with Crippen LogP contribution in [0.15, 0.2) is 34.9 Å². The molecule has 0 aliphatic rings. The molecule has 19 heavy (non-hydrogen) atoms. The summed E-state index contributed by atoms with van der Waals surface area (Å²) in [7, 11) is 2.02. The molecule has 102 valence electrons. The molecule has 0 radical (unpaired) electrons. The van der Waals surface area contributed by atoms with Gasteiger partial charge in [-0.3, -0.25) is 0 Å². The van der Waals surface area contributed by atoms with Crippen molar-refractivity contribution in [2.75, 3.05) is 18.5 Å². The number of hydrogen-bond donors (Lipinski definition) is 1. The summed E-state index contributed by atoms with van der Waals surface area (Å²) >= 11 is 0. The molecule has 2 rings (SSSR count). The highest BCUT2D eigenvalue weighted by Crippen LogP contribution is 2.16. The second-order valence-corrected chi connectivity index (χ2v) is 4.63. The quantitative estimate of drug-likeness (QED) is 0.866. The molecular formula is C15H21N3O. The molecule has 0 atom stereocenters. The molecule has 0 aromatic carbocycles. The lowest BCUT2D eigenvalue weighted by Gasteiger charge is -2.18. The van der Waals surface area contributed by atoms with E-state index in [1.54, 1.807) is 6.26 Å². The molecule has 4 heteroatoms. The molecule has 2 aromatic heterocycles. The summed E-state index contributed by atoms with van der Waals surface area (Å²) in [6.07, 6.45) is 1.70. The van der Waals surface area contributed by atoms with Crippen LogP contribution in [0.5, 0.6) is 0 Å². The van der Waals surface area contributed by atoms with Gasteiger partial charge in [0.25, 0.3) is 0 Å². The largest absolute Gasteiger partial charge is 0.467 e. The first-order valence-electron chi connectivity index (χ1n) is 6.61. The molecule has 0 spiro atoms. The van der Waals surface area contributed by atoms with Gasteiger partial charge in [0.05, 0.1) is 12.8 Å². The van der Waals surface area contributed by atoms with Crippen molar-refractivity contribution in [3.05, 3.63) is 47.5 Å². The van der Waals surface area contributed by atoms with Crippen molar-refractivity contribution < 1.29 is 4.42 Å². The number of furan rings is 1. The van der Waals surface area contributed by atoms with E-state index in [9.17, 15) is 0 Å². The Hall–Kier alpha value is -1.81. The molecule has 0 unspecified atom stereocenters. The van der Waals surface area contributed by atoms with Crippen molar-refractivity contribution >= 4 is 5.82 Å². The Bertz CT molecular complexity index is 508. The number of rotatable bonds is 6. The summed E-state index contributed by atoms with van der Waals surface area (Å²) in [4.78, 5) is 6.74.